The van der Waals surface area contributed by atoms with Gasteiger partial charge in [-0.2, -0.15) is 0 Å². The highest BCUT2D eigenvalue weighted by Gasteiger charge is 2.15. The number of nitrogens with two attached hydrogens (primary N) is 2. The van der Waals surface area contributed by atoms with Crippen molar-refractivity contribution < 1.29 is 4.74 Å². The maximum atomic E-state index is 6.61. The molecule has 35 heavy (non-hydrogen) atoms. The first-order chi connectivity index (χ1) is 17.1. The number of hydrogen-bond acceptors (Lipinski definition) is 4. The van der Waals surface area contributed by atoms with Gasteiger partial charge in [0.15, 0.2) is 0 Å². The number of nitrogen functional groups attached to an aromatic ring is 2. The van der Waals surface area contributed by atoms with Gasteiger partial charge in [0, 0.05) is 28.1 Å². The molecular weight excluding hydrogens is 430 g/mol. The number of rotatable bonds is 10. The Morgan fingerprint density at radius 3 is 1.80 bits per heavy atom. The number of para-hydroxylation sites is 1. The average molecular weight is 466 g/mol. The second-order valence-electron chi connectivity index (χ2n) is 9.04. The van der Waals surface area contributed by atoms with Gasteiger partial charge in [0.1, 0.15) is 5.75 Å². The van der Waals surface area contributed by atoms with Gasteiger partial charge in [0.25, 0.3) is 0 Å². The molecule has 4 N–H and O–H groups in total. The molecule has 4 heteroatoms. The van der Waals surface area contributed by atoms with Gasteiger partial charge in [-0.3, -0.25) is 0 Å². The molecular formula is C31H35N3O. The molecule has 1 heterocycles. The van der Waals surface area contributed by atoms with Gasteiger partial charge >= 0.3 is 0 Å². The molecule has 1 aromatic heterocycles. The fraction of sp³-hybridized carbons (Fsp3) is 0.258. The highest BCUT2D eigenvalue weighted by Crippen LogP contribution is 2.36. The Morgan fingerprint density at radius 1 is 0.686 bits per heavy atom. The quantitative estimate of drug-likeness (QED) is 0.233. The lowest BCUT2D eigenvalue weighted by Gasteiger charge is -2.21. The highest BCUT2D eigenvalue weighted by molar-refractivity contribution is 5.79. The molecule has 180 valence electrons. The maximum Gasteiger partial charge on any atom is 0.127 e. The van der Waals surface area contributed by atoms with Crippen molar-refractivity contribution in [1.82, 2.24) is 4.98 Å². The first kappa shape index (κ1) is 24.3. The van der Waals surface area contributed by atoms with Gasteiger partial charge < -0.3 is 16.2 Å². The molecule has 0 amide bonds. The van der Waals surface area contributed by atoms with Crippen LogP contribution < -0.4 is 16.2 Å². The Kier molecular flexibility index (Phi) is 8.04. The largest absolute Gasteiger partial charge is 0.490 e. The first-order valence-corrected chi connectivity index (χ1v) is 12.6. The number of benzene rings is 3. The Labute approximate surface area is 209 Å². The fourth-order valence-electron chi connectivity index (χ4n) is 4.29. The summed E-state index contributed by atoms with van der Waals surface area (Å²) in [6.07, 6.45) is 5.79. The van der Waals surface area contributed by atoms with Crippen molar-refractivity contribution >= 4 is 11.4 Å². The van der Waals surface area contributed by atoms with Crippen LogP contribution in [0.4, 0.5) is 11.4 Å². The van der Waals surface area contributed by atoms with Gasteiger partial charge in [0.05, 0.1) is 17.5 Å². The van der Waals surface area contributed by atoms with Crippen LogP contribution in [0.2, 0.25) is 0 Å². The molecule has 1 unspecified atom stereocenters. The summed E-state index contributed by atoms with van der Waals surface area (Å²) in [5.74, 6) is 0.916. The van der Waals surface area contributed by atoms with E-state index in [9.17, 15) is 0 Å². The molecule has 0 spiro atoms. The van der Waals surface area contributed by atoms with Crippen LogP contribution in [-0.2, 0) is 0 Å². The molecule has 0 saturated heterocycles. The smallest absolute Gasteiger partial charge is 0.127 e. The van der Waals surface area contributed by atoms with Crippen LogP contribution in [-0.4, -0.2) is 11.1 Å². The summed E-state index contributed by atoms with van der Waals surface area (Å²) in [6.45, 7) is 4.44. The molecule has 0 saturated carbocycles. The van der Waals surface area contributed by atoms with Crippen LogP contribution in [0.3, 0.4) is 0 Å². The molecule has 0 aliphatic heterocycles. The summed E-state index contributed by atoms with van der Waals surface area (Å²) in [7, 11) is 0. The molecule has 0 bridgehead atoms. The van der Waals surface area contributed by atoms with E-state index in [4.69, 9.17) is 21.2 Å². The summed E-state index contributed by atoms with van der Waals surface area (Å²) >= 11 is 0. The number of ether oxygens (including phenoxy) is 1. The van der Waals surface area contributed by atoms with Crippen molar-refractivity contribution in [2.75, 3.05) is 11.5 Å². The van der Waals surface area contributed by atoms with Crippen LogP contribution in [0.1, 0.15) is 46.0 Å². The third kappa shape index (κ3) is 6.21. The van der Waals surface area contributed by atoms with Crippen molar-refractivity contribution in [1.29, 1.82) is 0 Å². The van der Waals surface area contributed by atoms with E-state index < -0.39 is 0 Å². The van der Waals surface area contributed by atoms with Gasteiger partial charge in [-0.25, -0.2) is 4.98 Å². The van der Waals surface area contributed by atoms with Crippen LogP contribution >= 0.6 is 0 Å². The summed E-state index contributed by atoms with van der Waals surface area (Å²) in [4.78, 5) is 5.00. The predicted octanol–water partition coefficient (Wildman–Crippen LogP) is 7.98. The number of unbranched alkanes of at least 4 members (excludes halogenated alkanes) is 1. The van der Waals surface area contributed by atoms with E-state index in [0.717, 1.165) is 70.0 Å². The zero-order valence-electron chi connectivity index (χ0n) is 20.7. The summed E-state index contributed by atoms with van der Waals surface area (Å²) in [6, 6.07) is 28.3. The molecule has 3 aromatic carbocycles. The van der Waals surface area contributed by atoms with Crippen molar-refractivity contribution in [3.05, 3.63) is 84.9 Å². The zero-order valence-corrected chi connectivity index (χ0v) is 20.7. The summed E-state index contributed by atoms with van der Waals surface area (Å²) in [5.41, 5.74) is 19.3. The van der Waals surface area contributed by atoms with E-state index in [1.54, 1.807) is 0 Å². The molecule has 4 aromatic rings. The lowest BCUT2D eigenvalue weighted by Crippen LogP contribution is -2.16. The molecule has 4 nitrogen and oxygen atoms in total. The Hall–Kier alpha value is -3.79. The van der Waals surface area contributed by atoms with Crippen molar-refractivity contribution in [2.45, 2.75) is 52.1 Å². The third-order valence-electron chi connectivity index (χ3n) is 6.22. The van der Waals surface area contributed by atoms with E-state index in [-0.39, 0.29) is 6.10 Å². The molecule has 1 atom stereocenters. The van der Waals surface area contributed by atoms with Gasteiger partial charge in [-0.1, -0.05) is 75.6 Å². The van der Waals surface area contributed by atoms with E-state index in [1.165, 1.54) is 12.8 Å². The number of anilines is 2. The zero-order chi connectivity index (χ0) is 24.6. The maximum absolute atomic E-state index is 6.61. The minimum atomic E-state index is 0.219. The van der Waals surface area contributed by atoms with Crippen LogP contribution in [0.25, 0.3) is 33.6 Å². The van der Waals surface area contributed by atoms with E-state index >= 15 is 0 Å². The molecule has 4 rings (SSSR count). The number of aromatic nitrogens is 1. The van der Waals surface area contributed by atoms with Crippen LogP contribution in [0.5, 0.6) is 5.75 Å². The minimum absolute atomic E-state index is 0.219. The number of hydrogen-bond donors (Lipinski definition) is 2. The molecule has 0 aliphatic rings. The first-order valence-electron chi connectivity index (χ1n) is 12.6. The van der Waals surface area contributed by atoms with Crippen molar-refractivity contribution in [2.24, 2.45) is 0 Å². The Balaban J connectivity index is 1.80. The highest BCUT2D eigenvalue weighted by atomic mass is 16.5. The predicted molar refractivity (Wildman–Crippen MR) is 148 cm³/mol. The lowest BCUT2D eigenvalue weighted by molar-refractivity contribution is 0.177. The average Bonchev–Trinajstić information content (AvgIpc) is 2.88. The van der Waals surface area contributed by atoms with Crippen molar-refractivity contribution in [3.8, 4) is 39.4 Å². The van der Waals surface area contributed by atoms with E-state index in [1.807, 2.05) is 54.6 Å². The van der Waals surface area contributed by atoms with E-state index in [2.05, 4.69) is 44.2 Å². The second-order valence-corrected chi connectivity index (χ2v) is 9.04. The Bertz CT molecular complexity index is 1170. The molecule has 0 fully saturated rings. The second kappa shape index (κ2) is 11.6. The minimum Gasteiger partial charge on any atom is -0.490 e. The van der Waals surface area contributed by atoms with Crippen LogP contribution in [0, 0.1) is 0 Å². The Morgan fingerprint density at radius 2 is 1.26 bits per heavy atom. The number of nitrogens with zero attached hydrogens (tertiary/aromatic N) is 1. The molecule has 0 aliphatic carbocycles. The van der Waals surface area contributed by atoms with Gasteiger partial charge in [-0.05, 0) is 60.9 Å². The molecule has 0 radical (unpaired) electrons. The van der Waals surface area contributed by atoms with Crippen molar-refractivity contribution in [3.63, 3.8) is 0 Å². The monoisotopic (exact) mass is 465 g/mol. The van der Waals surface area contributed by atoms with Crippen LogP contribution in [0.15, 0.2) is 84.9 Å². The van der Waals surface area contributed by atoms with Gasteiger partial charge in [0.2, 0.25) is 0 Å². The topological polar surface area (TPSA) is 74.2 Å². The SMILES string of the molecule is CCCCC(CCC)Oc1ccccc1-c1cc(-c2ccc(N)cc2)nc(-c2ccc(N)cc2)c1. The lowest BCUT2D eigenvalue weighted by atomic mass is 9.99. The summed E-state index contributed by atoms with van der Waals surface area (Å²) in [5, 5.41) is 0. The standard InChI is InChI=1S/C31H35N3O/c1-3-5-9-27(8-4-2)35-31-11-7-6-10-28(31)24-20-29(22-12-16-25(32)17-13-22)34-30(21-24)23-14-18-26(33)19-15-23/h6-7,10-21,27H,3-5,8-9,32-33H2,1-2H3. The summed E-state index contributed by atoms with van der Waals surface area (Å²) < 4.78 is 6.61. The normalized spacial score (nSPS) is 11.8. The third-order valence-corrected chi connectivity index (χ3v) is 6.22. The fourth-order valence-corrected chi connectivity index (χ4v) is 4.29. The van der Waals surface area contributed by atoms with E-state index in [0.29, 0.717) is 0 Å². The number of pyridine rings is 1. The van der Waals surface area contributed by atoms with Gasteiger partial charge in [-0.15, -0.1) is 0 Å².